The number of nitrogens with zero attached hydrogens (tertiary/aromatic N) is 2. The predicted molar refractivity (Wildman–Crippen MR) is 106 cm³/mol. The highest BCUT2D eigenvalue weighted by Gasteiger charge is 2.37. The summed E-state index contributed by atoms with van der Waals surface area (Å²) in [5, 5.41) is 3.22. The lowest BCUT2D eigenvalue weighted by molar-refractivity contribution is -0.159. The Morgan fingerprint density at radius 1 is 1.00 bits per heavy atom. The average molecular weight is 384 g/mol. The van der Waals surface area contributed by atoms with Crippen LogP contribution in [-0.4, -0.2) is 84.3 Å². The van der Waals surface area contributed by atoms with Gasteiger partial charge in [0.15, 0.2) is 0 Å². The van der Waals surface area contributed by atoms with Gasteiger partial charge in [-0.1, -0.05) is 6.92 Å². The molecule has 7 nitrogen and oxygen atoms in total. The van der Waals surface area contributed by atoms with Crippen LogP contribution in [-0.2, 0) is 19.1 Å². The van der Waals surface area contributed by atoms with Crippen LogP contribution in [0.4, 0.5) is 0 Å². The van der Waals surface area contributed by atoms with Crippen LogP contribution >= 0.6 is 0 Å². The van der Waals surface area contributed by atoms with E-state index in [1.165, 1.54) is 0 Å². The first-order valence-electron chi connectivity index (χ1n) is 9.88. The van der Waals surface area contributed by atoms with Gasteiger partial charge in [0.1, 0.15) is 17.2 Å². The zero-order chi connectivity index (χ0) is 20.7. The second-order valence-corrected chi connectivity index (χ2v) is 8.39. The van der Waals surface area contributed by atoms with Crippen LogP contribution in [0.25, 0.3) is 0 Å². The number of carbonyl (C=O) groups is 3. The first-order valence-corrected chi connectivity index (χ1v) is 9.88. The molecule has 0 spiro atoms. The van der Waals surface area contributed by atoms with Crippen LogP contribution in [0.3, 0.4) is 0 Å². The number of ketones is 2. The van der Waals surface area contributed by atoms with E-state index in [4.69, 9.17) is 4.74 Å². The van der Waals surface area contributed by atoms with Crippen molar-refractivity contribution >= 4 is 17.5 Å². The van der Waals surface area contributed by atoms with Gasteiger partial charge in [-0.15, -0.1) is 0 Å². The van der Waals surface area contributed by atoms with Gasteiger partial charge in [0.2, 0.25) is 0 Å². The first-order chi connectivity index (χ1) is 12.5. The van der Waals surface area contributed by atoms with Gasteiger partial charge >= 0.3 is 0 Å². The molecule has 0 radical (unpaired) electrons. The molecule has 156 valence electrons. The molecule has 0 saturated carbocycles. The van der Waals surface area contributed by atoms with Crippen molar-refractivity contribution in [3.8, 4) is 0 Å². The maximum atomic E-state index is 13.0. The lowest BCUT2D eigenvalue weighted by atomic mass is 9.98. The Morgan fingerprint density at radius 3 is 2.07 bits per heavy atom. The summed E-state index contributed by atoms with van der Waals surface area (Å²) >= 11 is 0. The molecule has 1 amide bonds. The van der Waals surface area contributed by atoms with E-state index in [9.17, 15) is 14.4 Å². The smallest absolute Gasteiger partial charge is 0.254 e. The van der Waals surface area contributed by atoms with Gasteiger partial charge in [0, 0.05) is 38.3 Å². The van der Waals surface area contributed by atoms with Gasteiger partial charge in [-0.3, -0.25) is 19.3 Å². The fraction of sp³-hybridized carbons (Fsp3) is 0.850. The molecule has 1 saturated heterocycles. The van der Waals surface area contributed by atoms with Gasteiger partial charge in [-0.2, -0.15) is 0 Å². The number of hydrogen-bond donors (Lipinski definition) is 1. The molecule has 1 N–H and O–H groups in total. The molecule has 0 aromatic heterocycles. The lowest BCUT2D eigenvalue weighted by Gasteiger charge is -2.39. The zero-order valence-corrected chi connectivity index (χ0v) is 17.9. The number of hydrogen-bond acceptors (Lipinski definition) is 6. The number of nitrogens with one attached hydrogen (secondary N) is 1. The van der Waals surface area contributed by atoms with Crippen LogP contribution in [0.2, 0.25) is 0 Å². The maximum absolute atomic E-state index is 13.0. The summed E-state index contributed by atoms with van der Waals surface area (Å²) in [6.45, 7) is 14.9. The second kappa shape index (κ2) is 10.3. The fourth-order valence-corrected chi connectivity index (χ4v) is 3.06. The van der Waals surface area contributed by atoms with E-state index in [1.54, 1.807) is 13.8 Å². The predicted octanol–water partition coefficient (Wildman–Crippen LogP) is 1.25. The van der Waals surface area contributed by atoms with Crippen molar-refractivity contribution in [2.45, 2.75) is 65.5 Å². The Labute approximate surface area is 163 Å². The van der Waals surface area contributed by atoms with Gasteiger partial charge < -0.3 is 15.0 Å². The third-order valence-electron chi connectivity index (χ3n) is 5.20. The molecule has 1 heterocycles. The molecule has 1 fully saturated rings. The molecular formula is C20H37N3O4. The second-order valence-electron chi connectivity index (χ2n) is 8.39. The summed E-state index contributed by atoms with van der Waals surface area (Å²) in [4.78, 5) is 39.3. The molecule has 7 heteroatoms. The molecule has 1 atom stereocenters. The largest absolute Gasteiger partial charge is 0.365 e. The molecule has 0 aromatic rings. The standard InChI is InChI=1S/C20H37N3O4/c1-7-20(6,27-13-8-19(4,5)21-14-16(2)24)18(26)23-11-9-22(10-12-23)15-17(3)25/h21H,7-15H2,1-6H3. The molecule has 0 bridgehead atoms. The number of rotatable bonds is 11. The maximum Gasteiger partial charge on any atom is 0.254 e. The van der Waals surface area contributed by atoms with Gasteiger partial charge in [0.05, 0.1) is 13.1 Å². The van der Waals surface area contributed by atoms with E-state index in [-0.39, 0.29) is 23.0 Å². The summed E-state index contributed by atoms with van der Waals surface area (Å²) in [6, 6.07) is 0. The topological polar surface area (TPSA) is 79.0 Å². The minimum atomic E-state index is -0.848. The number of ether oxygens (including phenoxy) is 1. The zero-order valence-electron chi connectivity index (χ0n) is 17.9. The first kappa shape index (κ1) is 23.7. The van der Waals surface area contributed by atoms with E-state index in [1.807, 2.05) is 32.6 Å². The van der Waals surface area contributed by atoms with Gasteiger partial charge in [-0.25, -0.2) is 0 Å². The third kappa shape index (κ3) is 8.07. The van der Waals surface area contributed by atoms with Gasteiger partial charge in [0.25, 0.3) is 5.91 Å². The number of amides is 1. The Balaban J connectivity index is 2.53. The molecule has 1 unspecified atom stereocenters. The normalized spacial score (nSPS) is 18.2. The van der Waals surface area contributed by atoms with Crippen molar-refractivity contribution in [1.29, 1.82) is 0 Å². The molecule has 0 aliphatic carbocycles. The summed E-state index contributed by atoms with van der Waals surface area (Å²) in [7, 11) is 0. The Morgan fingerprint density at radius 2 is 1.59 bits per heavy atom. The summed E-state index contributed by atoms with van der Waals surface area (Å²) in [5.41, 5.74) is -1.08. The molecule has 1 aliphatic rings. The number of Topliss-reactive ketones (excluding diaryl/α,β-unsaturated/α-hetero) is 2. The van der Waals surface area contributed by atoms with Gasteiger partial charge in [-0.05, 0) is 47.5 Å². The van der Waals surface area contributed by atoms with Crippen LogP contribution in [0.1, 0.15) is 54.4 Å². The monoisotopic (exact) mass is 383 g/mol. The van der Waals surface area contributed by atoms with E-state index in [0.717, 1.165) is 0 Å². The lowest BCUT2D eigenvalue weighted by Crippen LogP contribution is -2.56. The molecule has 0 aromatic carbocycles. The third-order valence-corrected chi connectivity index (χ3v) is 5.20. The Kier molecular flexibility index (Phi) is 9.05. The van der Waals surface area contributed by atoms with Crippen molar-refractivity contribution in [3.05, 3.63) is 0 Å². The van der Waals surface area contributed by atoms with Crippen LogP contribution in [0.15, 0.2) is 0 Å². The highest BCUT2D eigenvalue weighted by atomic mass is 16.5. The molecule has 1 rings (SSSR count). The average Bonchev–Trinajstić information content (AvgIpc) is 2.59. The van der Waals surface area contributed by atoms with Crippen molar-refractivity contribution in [2.24, 2.45) is 0 Å². The fourth-order valence-electron chi connectivity index (χ4n) is 3.06. The van der Waals surface area contributed by atoms with Crippen molar-refractivity contribution < 1.29 is 19.1 Å². The highest BCUT2D eigenvalue weighted by Crippen LogP contribution is 2.22. The minimum absolute atomic E-state index is 0.0157. The molecule has 1 aliphatic heterocycles. The van der Waals surface area contributed by atoms with Crippen LogP contribution < -0.4 is 5.32 Å². The Bertz CT molecular complexity index is 527. The number of carbonyl (C=O) groups excluding carboxylic acids is 3. The van der Waals surface area contributed by atoms with Crippen molar-refractivity contribution in [2.75, 3.05) is 45.9 Å². The quantitative estimate of drug-likeness (QED) is 0.579. The summed E-state index contributed by atoms with van der Waals surface area (Å²) in [5.74, 6) is 0.265. The van der Waals surface area contributed by atoms with E-state index in [0.29, 0.717) is 58.7 Å². The van der Waals surface area contributed by atoms with Crippen molar-refractivity contribution in [3.63, 3.8) is 0 Å². The van der Waals surface area contributed by atoms with E-state index < -0.39 is 5.60 Å². The minimum Gasteiger partial charge on any atom is -0.365 e. The Hall–Kier alpha value is -1.31. The molecule has 27 heavy (non-hydrogen) atoms. The van der Waals surface area contributed by atoms with Crippen LogP contribution in [0.5, 0.6) is 0 Å². The number of piperazine rings is 1. The highest BCUT2D eigenvalue weighted by molar-refractivity contribution is 5.85. The SMILES string of the molecule is CCC(C)(OCCC(C)(C)NCC(C)=O)C(=O)N1CCN(CC(C)=O)CC1. The van der Waals surface area contributed by atoms with Crippen LogP contribution in [0, 0.1) is 0 Å². The summed E-state index contributed by atoms with van der Waals surface area (Å²) in [6.07, 6.45) is 1.30. The molecular weight excluding hydrogens is 346 g/mol. The summed E-state index contributed by atoms with van der Waals surface area (Å²) < 4.78 is 6.04. The van der Waals surface area contributed by atoms with E-state index in [2.05, 4.69) is 10.2 Å². The van der Waals surface area contributed by atoms with E-state index >= 15 is 0 Å². The van der Waals surface area contributed by atoms with Crippen molar-refractivity contribution in [1.82, 2.24) is 15.1 Å².